The molecule has 8 aromatic rings. The van der Waals surface area contributed by atoms with E-state index < -0.39 is 70.4 Å². The molecule has 10 rings (SSSR count). The number of phenols is 1. The predicted molar refractivity (Wildman–Crippen MR) is 390 cm³/mol. The number of nitrogens with zero attached hydrogens (tertiary/aromatic N) is 10. The molecule has 0 radical (unpaired) electrons. The number of benzene rings is 4. The molecular formula is C74H91BrN14O14. The normalized spacial score (nSPS) is 15.1. The van der Waals surface area contributed by atoms with Gasteiger partial charge >= 0.3 is 11.9 Å². The minimum atomic E-state index is -0.871. The van der Waals surface area contributed by atoms with Crippen molar-refractivity contribution in [3.63, 3.8) is 0 Å². The van der Waals surface area contributed by atoms with Crippen molar-refractivity contribution >= 4 is 97.1 Å². The molecule has 0 aliphatic carbocycles. The number of Topliss-reactive ketones (excluding diaryl/α,β-unsaturated/α-hetero) is 2. The monoisotopic (exact) mass is 1480 g/mol. The number of hydrogen-bond donors (Lipinski definition) is 5. The van der Waals surface area contributed by atoms with E-state index >= 15 is 0 Å². The van der Waals surface area contributed by atoms with Crippen molar-refractivity contribution in [1.29, 1.82) is 0 Å². The molecule has 0 spiro atoms. The third-order valence-electron chi connectivity index (χ3n) is 18.3. The fourth-order valence-electron chi connectivity index (χ4n) is 11.5. The number of alkyl halides is 1. The van der Waals surface area contributed by atoms with Crippen LogP contribution in [-0.4, -0.2) is 144 Å². The van der Waals surface area contributed by atoms with Crippen LogP contribution in [0.2, 0.25) is 0 Å². The number of halogens is 1. The van der Waals surface area contributed by atoms with Gasteiger partial charge in [-0.1, -0.05) is 93.9 Å². The van der Waals surface area contributed by atoms with Crippen LogP contribution in [-0.2, 0) is 63.0 Å². The van der Waals surface area contributed by atoms with E-state index in [9.17, 15) is 33.9 Å². The summed E-state index contributed by atoms with van der Waals surface area (Å²) in [6, 6.07) is 23.4. The third-order valence-corrected chi connectivity index (χ3v) is 18.8. The molecular weight excluding hydrogens is 1390 g/mol. The molecule has 2 aliphatic rings. The molecule has 0 saturated carbocycles. The number of aromatic hydroxyl groups is 1. The van der Waals surface area contributed by atoms with Crippen molar-refractivity contribution in [2.75, 3.05) is 64.5 Å². The molecule has 3 unspecified atom stereocenters. The van der Waals surface area contributed by atoms with Gasteiger partial charge in [0.15, 0.2) is 57.0 Å². The standard InChI is InChI=1S/C37H45N7O7.C30H39NO7.C7H7BrN6/c1-6-37(2,3)31(45)34(46)44-17-8-7-12-26(44)35(47)51-27(15-13-22-14-16-28(48-4)29(18-22)49-5)23-10-9-11-25(19-23)50-21-24-20-40-33-30(41-24)32(38)42-36(39)43-33;1-6-30(2,3)27(33)28(34)31-17-8-7-12-23(31)29(35)38-24(21-10-9-11-22(32)19-21)15-13-20-14-16-25(36-4)26(18-20)37-5;8-1-3-2-11-6-4(12-3)5(9)13-7(10)14-6/h9-11,14,16,18-20,26-27H,6-8,12-13,15,17,21H2,1-5H3,(H4,38,39,40,42,43);9-11,14,16,18-19,23-24,32H,6-8,12-13,15,17H2,1-5H3;2H,1H2,(H4,9,10,11,13,14)/t26?,27-;;/m1../s1. The summed E-state index contributed by atoms with van der Waals surface area (Å²) < 4.78 is 39.9. The molecule has 4 atom stereocenters. The molecule has 9 N–H and O–H groups in total. The molecule has 2 amide bonds. The van der Waals surface area contributed by atoms with Crippen LogP contribution in [0, 0.1) is 10.8 Å². The number of phenolic OH excluding ortho intramolecular Hbond substituents is 1. The summed E-state index contributed by atoms with van der Waals surface area (Å²) in [5, 5.41) is 10.7. The zero-order valence-electron chi connectivity index (χ0n) is 59.8. The van der Waals surface area contributed by atoms with Gasteiger partial charge in [-0.3, -0.25) is 19.2 Å². The molecule has 548 valence electrons. The Morgan fingerprint density at radius 3 is 1.43 bits per heavy atom. The van der Waals surface area contributed by atoms with Crippen molar-refractivity contribution in [2.45, 2.75) is 155 Å². The Labute approximate surface area is 606 Å². The van der Waals surface area contributed by atoms with Crippen LogP contribution in [0.5, 0.6) is 34.5 Å². The van der Waals surface area contributed by atoms with Crippen LogP contribution >= 0.6 is 15.9 Å². The Balaban J connectivity index is 0.000000225. The number of carbonyl (C=O) groups is 6. The van der Waals surface area contributed by atoms with E-state index in [0.29, 0.717) is 138 Å². The second-order valence-electron chi connectivity index (χ2n) is 26.1. The number of ketones is 2. The Hall–Kier alpha value is -10.6. The van der Waals surface area contributed by atoms with Crippen molar-refractivity contribution < 1.29 is 67.0 Å². The highest BCUT2D eigenvalue weighted by molar-refractivity contribution is 9.08. The number of aryl methyl sites for hydroxylation is 2. The average Bonchev–Trinajstić information content (AvgIpc) is 0.821. The molecule has 6 heterocycles. The van der Waals surface area contributed by atoms with Gasteiger partial charge in [-0.25, -0.2) is 29.5 Å². The molecule has 0 bridgehead atoms. The summed E-state index contributed by atoms with van der Waals surface area (Å²) in [5.74, 6) is 0.109. The number of nitrogen functional groups attached to an aromatic ring is 4. The van der Waals surface area contributed by atoms with E-state index in [1.165, 1.54) is 16.0 Å². The highest BCUT2D eigenvalue weighted by atomic mass is 79.9. The van der Waals surface area contributed by atoms with Crippen LogP contribution in [0.25, 0.3) is 22.3 Å². The molecule has 2 saturated heterocycles. The summed E-state index contributed by atoms with van der Waals surface area (Å²) in [6.45, 7) is 11.4. The lowest BCUT2D eigenvalue weighted by Gasteiger charge is -2.36. The van der Waals surface area contributed by atoms with E-state index in [0.717, 1.165) is 36.1 Å². The first-order chi connectivity index (χ1) is 49.2. The zero-order chi connectivity index (χ0) is 74.7. The first-order valence-corrected chi connectivity index (χ1v) is 35.1. The van der Waals surface area contributed by atoms with Crippen molar-refractivity contribution in [3.05, 3.63) is 131 Å². The number of anilines is 4. The average molecular weight is 1480 g/mol. The number of fused-ring (bicyclic) bond motifs is 2. The number of rotatable bonds is 26. The summed E-state index contributed by atoms with van der Waals surface area (Å²) >= 11 is 3.27. The number of amides is 2. The number of ether oxygens (including phenoxy) is 7. The van der Waals surface area contributed by atoms with Gasteiger partial charge in [0.25, 0.3) is 11.8 Å². The summed E-state index contributed by atoms with van der Waals surface area (Å²) in [4.78, 5) is 116. The first-order valence-electron chi connectivity index (χ1n) is 34.0. The number of carbonyl (C=O) groups excluding carboxylic acids is 6. The molecule has 29 heteroatoms. The van der Waals surface area contributed by atoms with Crippen molar-refractivity contribution in [3.8, 4) is 34.5 Å². The number of aromatic nitrogens is 8. The van der Waals surface area contributed by atoms with Crippen LogP contribution < -0.4 is 46.6 Å². The van der Waals surface area contributed by atoms with Crippen LogP contribution in [0.3, 0.4) is 0 Å². The van der Waals surface area contributed by atoms with Crippen molar-refractivity contribution in [2.24, 2.45) is 10.8 Å². The molecule has 28 nitrogen and oxygen atoms in total. The first kappa shape index (κ1) is 78.1. The molecule has 2 aliphatic heterocycles. The van der Waals surface area contributed by atoms with E-state index in [1.807, 2.05) is 62.4 Å². The topological polar surface area (TPSA) is 401 Å². The van der Waals surface area contributed by atoms with E-state index in [-0.39, 0.29) is 41.5 Å². The summed E-state index contributed by atoms with van der Waals surface area (Å²) in [6.07, 6.45) is 8.49. The maximum atomic E-state index is 13.9. The molecule has 4 aromatic carbocycles. The van der Waals surface area contributed by atoms with Gasteiger partial charge in [0.1, 0.15) is 42.4 Å². The lowest BCUT2D eigenvalue weighted by atomic mass is 9.84. The van der Waals surface area contributed by atoms with Gasteiger partial charge in [0.2, 0.25) is 23.5 Å². The van der Waals surface area contributed by atoms with Gasteiger partial charge < -0.3 is 71.0 Å². The number of hydrogen-bond acceptors (Lipinski definition) is 26. The second kappa shape index (κ2) is 35.8. The van der Waals surface area contributed by atoms with Crippen LogP contribution in [0.15, 0.2) is 97.3 Å². The fourth-order valence-corrected chi connectivity index (χ4v) is 11.7. The van der Waals surface area contributed by atoms with E-state index in [1.54, 1.807) is 98.7 Å². The Kier molecular flexibility index (Phi) is 27.2. The van der Waals surface area contributed by atoms with E-state index in [4.69, 9.17) is 56.1 Å². The number of nitrogens with two attached hydrogens (primary N) is 4. The number of esters is 2. The third kappa shape index (κ3) is 20.2. The Morgan fingerprint density at radius 2 is 0.990 bits per heavy atom. The van der Waals surface area contributed by atoms with Gasteiger partial charge in [-0.05, 0) is 148 Å². The predicted octanol–water partition coefficient (Wildman–Crippen LogP) is 10.3. The Morgan fingerprint density at radius 1 is 0.553 bits per heavy atom. The SMILES string of the molecule is CCC(C)(C)C(=O)C(=O)N1CCCCC1C(=O)OC(CCc1ccc(OC)c(OC)c1)c1cccc(O)c1.CCC(C)(C)C(=O)C(=O)N1CCCCC1C(=O)O[C@H](CCc1ccc(OC)c(OC)c1)c1cccc(OCc2cnc3nc(N)nc(N)c3n2)c1.Nc1nc(N)c2nc(CBr)cnc2n1. The summed E-state index contributed by atoms with van der Waals surface area (Å²) in [7, 11) is 6.29. The van der Waals surface area contributed by atoms with Gasteiger partial charge in [0.05, 0.1) is 52.2 Å². The van der Waals surface area contributed by atoms with Gasteiger partial charge in [-0.2, -0.15) is 19.9 Å². The molecule has 2 fully saturated rings. The number of piperidine rings is 2. The zero-order valence-corrected chi connectivity index (χ0v) is 61.4. The minimum absolute atomic E-state index is 0.00761. The van der Waals surface area contributed by atoms with Gasteiger partial charge in [0, 0.05) is 29.2 Å². The van der Waals surface area contributed by atoms with Crippen LogP contribution in [0.4, 0.5) is 23.5 Å². The van der Waals surface area contributed by atoms with Crippen LogP contribution in [0.1, 0.15) is 152 Å². The molecule has 4 aromatic heterocycles. The molecule has 103 heavy (non-hydrogen) atoms. The quantitative estimate of drug-likeness (QED) is 0.0191. The smallest absolute Gasteiger partial charge is 0.329 e. The maximum absolute atomic E-state index is 13.9. The highest BCUT2D eigenvalue weighted by Gasteiger charge is 2.43. The number of likely N-dealkylation sites (tertiary alicyclic amines) is 2. The van der Waals surface area contributed by atoms with E-state index in [2.05, 4.69) is 55.8 Å². The summed E-state index contributed by atoms with van der Waals surface area (Å²) in [5.41, 5.74) is 27.1. The maximum Gasteiger partial charge on any atom is 0.329 e. The second-order valence-corrected chi connectivity index (χ2v) is 26.6. The Bertz CT molecular complexity index is 4340. The highest BCUT2D eigenvalue weighted by Crippen LogP contribution is 2.36. The largest absolute Gasteiger partial charge is 0.508 e. The lowest BCUT2D eigenvalue weighted by molar-refractivity contribution is -0.165. The fraction of sp³-hybridized carbons (Fsp3) is 0.432. The number of methoxy groups -OCH3 is 4. The van der Waals surface area contributed by atoms with Crippen molar-refractivity contribution in [1.82, 2.24) is 49.7 Å². The lowest BCUT2D eigenvalue weighted by Crippen LogP contribution is -2.53. The van der Waals surface area contributed by atoms with Gasteiger partial charge in [-0.15, -0.1) is 0 Å². The minimum Gasteiger partial charge on any atom is -0.508 e.